The first-order valence-electron chi connectivity index (χ1n) is 3.88. The molecule has 0 aliphatic rings. The highest BCUT2D eigenvalue weighted by molar-refractivity contribution is 7.10. The van der Waals surface area contributed by atoms with Crippen LogP contribution in [0.25, 0.3) is 0 Å². The summed E-state index contributed by atoms with van der Waals surface area (Å²) in [6.07, 6.45) is -0.321. The van der Waals surface area contributed by atoms with E-state index in [1.807, 2.05) is 18.4 Å². The van der Waals surface area contributed by atoms with Crippen molar-refractivity contribution in [2.45, 2.75) is 32.8 Å². The Bertz CT molecular complexity index is 203. The highest BCUT2D eigenvalue weighted by atomic mass is 32.1. The molecule has 0 amide bonds. The Kier molecular flexibility index (Phi) is 2.68. The van der Waals surface area contributed by atoms with Gasteiger partial charge in [-0.2, -0.15) is 0 Å². The van der Waals surface area contributed by atoms with Crippen LogP contribution >= 0.6 is 11.3 Å². The number of hydrogen-bond donors (Lipinski definition) is 1. The van der Waals surface area contributed by atoms with E-state index in [-0.39, 0.29) is 6.10 Å². The lowest BCUT2D eigenvalue weighted by Crippen LogP contribution is -1.94. The second kappa shape index (κ2) is 3.37. The van der Waals surface area contributed by atoms with Gasteiger partial charge in [-0.05, 0) is 29.9 Å². The molecule has 1 unspecified atom stereocenters. The van der Waals surface area contributed by atoms with Gasteiger partial charge in [0.25, 0.3) is 0 Å². The Hall–Kier alpha value is -0.340. The minimum absolute atomic E-state index is 0.321. The van der Waals surface area contributed by atoms with Crippen molar-refractivity contribution in [1.29, 1.82) is 0 Å². The van der Waals surface area contributed by atoms with Gasteiger partial charge in [0, 0.05) is 4.88 Å². The summed E-state index contributed by atoms with van der Waals surface area (Å²) >= 11 is 1.73. The molecule has 1 rings (SSSR count). The summed E-state index contributed by atoms with van der Waals surface area (Å²) < 4.78 is 0. The molecule has 0 saturated heterocycles. The van der Waals surface area contributed by atoms with Crippen molar-refractivity contribution in [3.63, 3.8) is 0 Å². The van der Waals surface area contributed by atoms with E-state index in [0.717, 1.165) is 5.56 Å². The van der Waals surface area contributed by atoms with Crippen molar-refractivity contribution >= 4 is 11.3 Å². The number of thiophene rings is 1. The third-order valence-electron chi connectivity index (χ3n) is 1.70. The molecule has 0 aliphatic heterocycles. The smallest absolute Gasteiger partial charge is 0.0772 e. The van der Waals surface area contributed by atoms with E-state index in [1.165, 1.54) is 4.88 Å². The summed E-state index contributed by atoms with van der Waals surface area (Å²) in [6.45, 7) is 6.11. The molecule has 1 atom stereocenters. The second-order valence-corrected chi connectivity index (χ2v) is 4.02. The van der Waals surface area contributed by atoms with Gasteiger partial charge in [0.2, 0.25) is 0 Å². The van der Waals surface area contributed by atoms with Gasteiger partial charge in [0.1, 0.15) is 0 Å². The lowest BCUT2D eigenvalue weighted by Gasteiger charge is -2.08. The highest BCUT2D eigenvalue weighted by Crippen LogP contribution is 2.29. The Morgan fingerprint density at radius 1 is 1.36 bits per heavy atom. The van der Waals surface area contributed by atoms with Crippen LogP contribution in [-0.2, 0) is 0 Å². The van der Waals surface area contributed by atoms with E-state index in [0.29, 0.717) is 5.92 Å². The minimum atomic E-state index is -0.321. The number of rotatable bonds is 2. The van der Waals surface area contributed by atoms with Gasteiger partial charge in [0.15, 0.2) is 0 Å². The fraction of sp³-hybridized carbons (Fsp3) is 0.556. The largest absolute Gasteiger partial charge is 0.389 e. The maximum Gasteiger partial charge on any atom is 0.0772 e. The molecular formula is C9H14OS. The summed E-state index contributed by atoms with van der Waals surface area (Å²) in [5.74, 6) is 0.527. The lowest BCUT2D eigenvalue weighted by atomic mass is 10.1. The van der Waals surface area contributed by atoms with Crippen LogP contribution in [0.2, 0.25) is 0 Å². The fourth-order valence-corrected chi connectivity index (χ4v) is 2.15. The van der Waals surface area contributed by atoms with Crippen molar-refractivity contribution in [1.82, 2.24) is 0 Å². The number of aliphatic hydroxyl groups is 1. The van der Waals surface area contributed by atoms with Crippen molar-refractivity contribution in [3.05, 3.63) is 21.9 Å². The first kappa shape index (κ1) is 8.75. The van der Waals surface area contributed by atoms with Gasteiger partial charge in [-0.15, -0.1) is 11.3 Å². The summed E-state index contributed by atoms with van der Waals surface area (Å²) in [4.78, 5) is 1.31. The van der Waals surface area contributed by atoms with Gasteiger partial charge in [-0.25, -0.2) is 0 Å². The average molecular weight is 170 g/mol. The third kappa shape index (κ3) is 1.82. The van der Waals surface area contributed by atoms with Crippen LogP contribution in [0.4, 0.5) is 0 Å². The third-order valence-corrected chi connectivity index (χ3v) is 2.93. The first-order chi connectivity index (χ1) is 5.13. The van der Waals surface area contributed by atoms with E-state index >= 15 is 0 Å². The van der Waals surface area contributed by atoms with Gasteiger partial charge in [-0.1, -0.05) is 13.8 Å². The standard InChI is InChI=1S/C9H14OS/c1-6(2)9-8(7(3)10)4-5-11-9/h4-7,10H,1-3H3. The minimum Gasteiger partial charge on any atom is -0.389 e. The molecule has 0 fully saturated rings. The number of aliphatic hydroxyl groups excluding tert-OH is 1. The Morgan fingerprint density at radius 3 is 2.36 bits per heavy atom. The number of hydrogen-bond acceptors (Lipinski definition) is 2. The van der Waals surface area contributed by atoms with Crippen molar-refractivity contribution in [2.75, 3.05) is 0 Å². The maximum atomic E-state index is 9.35. The SMILES string of the molecule is CC(C)c1sccc1C(C)O. The summed E-state index contributed by atoms with van der Waals surface area (Å²) in [7, 11) is 0. The van der Waals surface area contributed by atoms with E-state index < -0.39 is 0 Å². The van der Waals surface area contributed by atoms with Crippen LogP contribution in [0.1, 0.15) is 43.2 Å². The van der Waals surface area contributed by atoms with Crippen LogP contribution in [0.15, 0.2) is 11.4 Å². The molecule has 1 aromatic heterocycles. The van der Waals surface area contributed by atoms with E-state index in [9.17, 15) is 5.11 Å². The Labute approximate surface area is 71.7 Å². The van der Waals surface area contributed by atoms with Crippen LogP contribution in [0.5, 0.6) is 0 Å². The zero-order valence-electron chi connectivity index (χ0n) is 7.16. The second-order valence-electron chi connectivity index (χ2n) is 3.07. The van der Waals surface area contributed by atoms with Crippen LogP contribution < -0.4 is 0 Å². The van der Waals surface area contributed by atoms with E-state index in [4.69, 9.17) is 0 Å². The maximum absolute atomic E-state index is 9.35. The van der Waals surface area contributed by atoms with Crippen molar-refractivity contribution in [3.8, 4) is 0 Å². The average Bonchev–Trinajstić information content (AvgIpc) is 2.32. The van der Waals surface area contributed by atoms with E-state index in [2.05, 4.69) is 13.8 Å². The quantitative estimate of drug-likeness (QED) is 0.723. The fourth-order valence-electron chi connectivity index (χ4n) is 1.15. The van der Waals surface area contributed by atoms with Crippen LogP contribution in [0, 0.1) is 0 Å². The summed E-state index contributed by atoms with van der Waals surface area (Å²) in [5, 5.41) is 11.4. The molecule has 2 heteroatoms. The van der Waals surface area contributed by atoms with E-state index in [1.54, 1.807) is 11.3 Å². The van der Waals surface area contributed by atoms with Crippen molar-refractivity contribution < 1.29 is 5.11 Å². The van der Waals surface area contributed by atoms with Gasteiger partial charge >= 0.3 is 0 Å². The molecule has 1 N–H and O–H groups in total. The summed E-state index contributed by atoms with van der Waals surface area (Å²) in [5.41, 5.74) is 1.09. The van der Waals surface area contributed by atoms with Crippen molar-refractivity contribution in [2.24, 2.45) is 0 Å². The summed E-state index contributed by atoms with van der Waals surface area (Å²) in [6, 6.07) is 2.00. The van der Waals surface area contributed by atoms with Gasteiger partial charge < -0.3 is 5.11 Å². The predicted octanol–water partition coefficient (Wildman–Crippen LogP) is 2.92. The molecule has 1 heterocycles. The van der Waals surface area contributed by atoms with Gasteiger partial charge in [-0.3, -0.25) is 0 Å². The van der Waals surface area contributed by atoms with Crippen LogP contribution in [0.3, 0.4) is 0 Å². The van der Waals surface area contributed by atoms with Crippen LogP contribution in [-0.4, -0.2) is 5.11 Å². The lowest BCUT2D eigenvalue weighted by molar-refractivity contribution is 0.198. The molecule has 62 valence electrons. The molecule has 0 aliphatic carbocycles. The normalized spacial score (nSPS) is 13.9. The zero-order valence-corrected chi connectivity index (χ0v) is 7.98. The molecule has 0 aromatic carbocycles. The molecular weight excluding hydrogens is 156 g/mol. The molecule has 0 bridgehead atoms. The Morgan fingerprint density at radius 2 is 2.00 bits per heavy atom. The molecule has 0 spiro atoms. The molecule has 1 aromatic rings. The molecule has 0 radical (unpaired) electrons. The highest BCUT2D eigenvalue weighted by Gasteiger charge is 2.11. The monoisotopic (exact) mass is 170 g/mol. The zero-order chi connectivity index (χ0) is 8.43. The topological polar surface area (TPSA) is 20.2 Å². The Balaban J connectivity index is 2.96. The molecule has 11 heavy (non-hydrogen) atoms. The molecule has 1 nitrogen and oxygen atoms in total. The predicted molar refractivity (Wildman–Crippen MR) is 49.0 cm³/mol. The molecule has 0 saturated carbocycles. The first-order valence-corrected chi connectivity index (χ1v) is 4.76. The van der Waals surface area contributed by atoms with Gasteiger partial charge in [0.05, 0.1) is 6.10 Å².